The van der Waals surface area contributed by atoms with Gasteiger partial charge in [-0.15, -0.1) is 11.8 Å². The Kier molecular flexibility index (Phi) is 8.79. The SMILES string of the molecule is CSc1cnc(Nc2ccc(C(=O)Nc3cc(CN4CCN(C)CC4)ccc3C)cc2)cc1-c1ccc(F)cc1. The molecule has 40 heavy (non-hydrogen) atoms. The van der Waals surface area contributed by atoms with Crippen LogP contribution in [0.3, 0.4) is 0 Å². The smallest absolute Gasteiger partial charge is 0.255 e. The van der Waals surface area contributed by atoms with Crippen LogP contribution in [0, 0.1) is 12.7 Å². The molecule has 5 rings (SSSR count). The third-order valence-electron chi connectivity index (χ3n) is 7.21. The van der Waals surface area contributed by atoms with E-state index >= 15 is 0 Å². The molecule has 0 unspecified atom stereocenters. The van der Waals surface area contributed by atoms with Crippen LogP contribution in [0.25, 0.3) is 11.1 Å². The molecule has 206 valence electrons. The Morgan fingerprint density at radius 1 is 0.975 bits per heavy atom. The molecule has 0 bridgehead atoms. The molecule has 4 aromatic rings. The number of hydrogen-bond donors (Lipinski definition) is 2. The van der Waals surface area contributed by atoms with Gasteiger partial charge in [0.15, 0.2) is 0 Å². The summed E-state index contributed by atoms with van der Waals surface area (Å²) in [7, 11) is 2.16. The summed E-state index contributed by atoms with van der Waals surface area (Å²) in [6, 6.07) is 22.1. The Balaban J connectivity index is 1.25. The number of nitrogens with one attached hydrogen (secondary N) is 2. The number of hydrogen-bond acceptors (Lipinski definition) is 6. The first-order valence-electron chi connectivity index (χ1n) is 13.4. The number of thioether (sulfide) groups is 1. The molecule has 1 aliphatic heterocycles. The van der Waals surface area contributed by atoms with Gasteiger partial charge in [0.1, 0.15) is 11.6 Å². The first-order chi connectivity index (χ1) is 19.4. The summed E-state index contributed by atoms with van der Waals surface area (Å²) in [4.78, 5) is 23.4. The number of rotatable bonds is 8. The van der Waals surface area contributed by atoms with Gasteiger partial charge in [0.05, 0.1) is 0 Å². The highest BCUT2D eigenvalue weighted by atomic mass is 32.2. The highest BCUT2D eigenvalue weighted by molar-refractivity contribution is 7.98. The Labute approximate surface area is 239 Å². The molecule has 0 aliphatic carbocycles. The summed E-state index contributed by atoms with van der Waals surface area (Å²) in [6.07, 6.45) is 3.81. The lowest BCUT2D eigenvalue weighted by Crippen LogP contribution is -2.43. The lowest BCUT2D eigenvalue weighted by molar-refractivity contribution is 0.102. The van der Waals surface area contributed by atoms with Gasteiger partial charge in [-0.25, -0.2) is 9.37 Å². The molecule has 1 saturated heterocycles. The molecule has 0 atom stereocenters. The average molecular weight is 556 g/mol. The lowest BCUT2D eigenvalue weighted by atomic mass is 10.1. The molecule has 3 aromatic carbocycles. The molecular weight excluding hydrogens is 521 g/mol. The fourth-order valence-electron chi connectivity index (χ4n) is 4.74. The standard InChI is InChI=1S/C32H34FN5OS/c1-22-4-5-23(21-38-16-14-37(2)15-17-38)18-29(22)36-32(39)25-8-12-27(13-9-25)35-31-19-28(30(40-3)20-34-31)24-6-10-26(33)11-7-24/h4-13,18-20H,14-17,21H2,1-3H3,(H,34,35)(H,36,39). The number of likely N-dealkylation sites (N-methyl/N-ethyl adjacent to an activating group) is 1. The number of carbonyl (C=O) groups is 1. The maximum absolute atomic E-state index is 13.4. The van der Waals surface area contributed by atoms with Crippen LogP contribution >= 0.6 is 11.8 Å². The van der Waals surface area contributed by atoms with Crippen LogP contribution in [-0.4, -0.2) is 60.2 Å². The number of aryl methyl sites for hydroxylation is 1. The van der Waals surface area contributed by atoms with E-state index in [0.29, 0.717) is 11.4 Å². The summed E-state index contributed by atoms with van der Waals surface area (Å²) >= 11 is 1.59. The summed E-state index contributed by atoms with van der Waals surface area (Å²) in [5, 5.41) is 6.41. The molecule has 1 aliphatic rings. The number of carbonyl (C=O) groups excluding carboxylic acids is 1. The number of pyridine rings is 1. The minimum absolute atomic E-state index is 0.146. The van der Waals surface area contributed by atoms with Crippen LogP contribution in [0.4, 0.5) is 21.6 Å². The maximum Gasteiger partial charge on any atom is 0.255 e. The van der Waals surface area contributed by atoms with Crippen molar-refractivity contribution in [2.75, 3.05) is 50.1 Å². The van der Waals surface area contributed by atoms with Gasteiger partial charge in [0, 0.05) is 66.3 Å². The van der Waals surface area contributed by atoms with E-state index in [1.54, 1.807) is 36.0 Å². The summed E-state index contributed by atoms with van der Waals surface area (Å²) in [6.45, 7) is 7.16. The summed E-state index contributed by atoms with van der Waals surface area (Å²) in [5.74, 6) is 0.258. The lowest BCUT2D eigenvalue weighted by Gasteiger charge is -2.32. The number of anilines is 3. The van der Waals surface area contributed by atoms with Gasteiger partial charge in [0.25, 0.3) is 5.91 Å². The minimum Gasteiger partial charge on any atom is -0.340 e. The van der Waals surface area contributed by atoms with Crippen LogP contribution in [0.1, 0.15) is 21.5 Å². The first-order valence-corrected chi connectivity index (χ1v) is 14.6. The number of benzene rings is 3. The topological polar surface area (TPSA) is 60.5 Å². The van der Waals surface area contributed by atoms with Crippen molar-refractivity contribution in [2.24, 2.45) is 0 Å². The van der Waals surface area contributed by atoms with E-state index in [9.17, 15) is 9.18 Å². The molecule has 1 aromatic heterocycles. The maximum atomic E-state index is 13.4. The van der Waals surface area contributed by atoms with Gasteiger partial charge in [-0.1, -0.05) is 24.3 Å². The quantitative estimate of drug-likeness (QED) is 0.237. The van der Waals surface area contributed by atoms with E-state index in [0.717, 1.165) is 65.7 Å². The van der Waals surface area contributed by atoms with Crippen LogP contribution < -0.4 is 10.6 Å². The third kappa shape index (κ3) is 6.88. The van der Waals surface area contributed by atoms with Gasteiger partial charge in [-0.3, -0.25) is 9.69 Å². The van der Waals surface area contributed by atoms with Gasteiger partial charge in [-0.05, 0) is 85.4 Å². The Morgan fingerprint density at radius 2 is 1.70 bits per heavy atom. The van der Waals surface area contributed by atoms with Crippen molar-refractivity contribution in [3.63, 3.8) is 0 Å². The molecule has 2 heterocycles. The molecule has 1 fully saturated rings. The number of piperazine rings is 1. The highest BCUT2D eigenvalue weighted by Gasteiger charge is 2.15. The zero-order chi connectivity index (χ0) is 28.1. The Hall–Kier alpha value is -3.72. The van der Waals surface area contributed by atoms with Crippen LogP contribution in [0.5, 0.6) is 0 Å². The zero-order valence-electron chi connectivity index (χ0n) is 23.1. The summed E-state index contributed by atoms with van der Waals surface area (Å²) in [5.41, 5.74) is 6.36. The predicted octanol–water partition coefficient (Wildman–Crippen LogP) is 6.66. The van der Waals surface area contributed by atoms with Gasteiger partial charge < -0.3 is 15.5 Å². The van der Waals surface area contributed by atoms with Crippen molar-refractivity contribution in [3.8, 4) is 11.1 Å². The minimum atomic E-state index is -0.264. The van der Waals surface area contributed by atoms with E-state index in [-0.39, 0.29) is 11.7 Å². The number of amides is 1. The second-order valence-electron chi connectivity index (χ2n) is 10.2. The number of nitrogens with zero attached hydrogens (tertiary/aromatic N) is 3. The molecule has 8 heteroatoms. The first kappa shape index (κ1) is 27.8. The largest absolute Gasteiger partial charge is 0.340 e. The highest BCUT2D eigenvalue weighted by Crippen LogP contribution is 2.32. The fraction of sp³-hybridized carbons (Fsp3) is 0.250. The van der Waals surface area contributed by atoms with Crippen LogP contribution in [0.15, 0.2) is 83.9 Å². The van der Waals surface area contributed by atoms with Crippen molar-refractivity contribution >= 4 is 34.9 Å². The summed E-state index contributed by atoms with van der Waals surface area (Å²) < 4.78 is 13.4. The van der Waals surface area contributed by atoms with Crippen molar-refractivity contribution in [1.82, 2.24) is 14.8 Å². The van der Waals surface area contributed by atoms with E-state index in [1.165, 1.54) is 17.7 Å². The van der Waals surface area contributed by atoms with E-state index in [2.05, 4.69) is 50.7 Å². The zero-order valence-corrected chi connectivity index (χ0v) is 23.9. The fourth-order valence-corrected chi connectivity index (χ4v) is 5.30. The van der Waals surface area contributed by atoms with Gasteiger partial charge >= 0.3 is 0 Å². The van der Waals surface area contributed by atoms with Gasteiger partial charge in [0.2, 0.25) is 0 Å². The van der Waals surface area contributed by atoms with E-state index in [1.807, 2.05) is 37.6 Å². The van der Waals surface area contributed by atoms with Gasteiger partial charge in [-0.2, -0.15) is 0 Å². The van der Waals surface area contributed by atoms with E-state index in [4.69, 9.17) is 0 Å². The van der Waals surface area contributed by atoms with Crippen molar-refractivity contribution in [3.05, 3.63) is 102 Å². The van der Waals surface area contributed by atoms with Crippen molar-refractivity contribution in [2.45, 2.75) is 18.4 Å². The molecule has 0 saturated carbocycles. The average Bonchev–Trinajstić information content (AvgIpc) is 2.97. The Morgan fingerprint density at radius 3 is 2.40 bits per heavy atom. The number of halogens is 1. The van der Waals surface area contributed by atoms with Crippen LogP contribution in [0.2, 0.25) is 0 Å². The molecule has 1 amide bonds. The monoisotopic (exact) mass is 555 g/mol. The third-order valence-corrected chi connectivity index (χ3v) is 7.98. The molecule has 0 spiro atoms. The van der Waals surface area contributed by atoms with Crippen LogP contribution in [-0.2, 0) is 6.54 Å². The molecule has 6 nitrogen and oxygen atoms in total. The van der Waals surface area contributed by atoms with E-state index < -0.39 is 0 Å². The van der Waals surface area contributed by atoms with Crippen molar-refractivity contribution < 1.29 is 9.18 Å². The van der Waals surface area contributed by atoms with Crippen molar-refractivity contribution in [1.29, 1.82) is 0 Å². The second kappa shape index (κ2) is 12.6. The number of aromatic nitrogens is 1. The molecular formula is C32H34FN5OS. The predicted molar refractivity (Wildman–Crippen MR) is 163 cm³/mol. The second-order valence-corrected chi connectivity index (χ2v) is 11.0. The molecule has 2 N–H and O–H groups in total. The Bertz CT molecular complexity index is 1470. The normalized spacial score (nSPS) is 14.2. The molecule has 0 radical (unpaired) electrons.